The number of benzene rings is 1. The molecule has 21 heavy (non-hydrogen) atoms. The van der Waals surface area contributed by atoms with Gasteiger partial charge in [-0.3, -0.25) is 4.72 Å². The second-order valence-electron chi connectivity index (χ2n) is 4.73. The maximum absolute atomic E-state index is 12.4. The van der Waals surface area contributed by atoms with E-state index in [4.69, 9.17) is 17.3 Å². The van der Waals surface area contributed by atoms with E-state index in [2.05, 4.69) is 9.71 Å². The number of pyridine rings is 1. The molecule has 0 amide bonds. The van der Waals surface area contributed by atoms with Crippen LogP contribution in [0.15, 0.2) is 35.2 Å². The van der Waals surface area contributed by atoms with Crippen LogP contribution in [0, 0.1) is 13.8 Å². The summed E-state index contributed by atoms with van der Waals surface area (Å²) in [6, 6.07) is 7.96. The number of aromatic nitrogens is 1. The predicted molar refractivity (Wildman–Crippen MR) is 83.9 cm³/mol. The van der Waals surface area contributed by atoms with Crippen LogP contribution in [-0.2, 0) is 16.6 Å². The van der Waals surface area contributed by atoms with Gasteiger partial charge < -0.3 is 5.73 Å². The van der Waals surface area contributed by atoms with Gasteiger partial charge in [-0.25, -0.2) is 13.4 Å². The number of aryl methyl sites for hydroxylation is 2. The first kappa shape index (κ1) is 15.8. The third-order valence-electron chi connectivity index (χ3n) is 2.88. The van der Waals surface area contributed by atoms with Crippen molar-refractivity contribution in [2.24, 2.45) is 5.73 Å². The van der Waals surface area contributed by atoms with Crippen molar-refractivity contribution in [2.75, 3.05) is 4.72 Å². The molecule has 0 fully saturated rings. The molecule has 0 unspecified atom stereocenters. The lowest BCUT2D eigenvalue weighted by molar-refractivity contribution is 0.601. The molecule has 2 aromatic rings. The zero-order valence-electron chi connectivity index (χ0n) is 11.7. The van der Waals surface area contributed by atoms with Crippen LogP contribution in [0.3, 0.4) is 0 Å². The Morgan fingerprint density at radius 1 is 1.24 bits per heavy atom. The summed E-state index contributed by atoms with van der Waals surface area (Å²) in [6.45, 7) is 3.85. The highest BCUT2D eigenvalue weighted by Crippen LogP contribution is 2.22. The van der Waals surface area contributed by atoms with Crippen LogP contribution < -0.4 is 10.5 Å². The van der Waals surface area contributed by atoms with E-state index in [1.165, 1.54) is 18.2 Å². The summed E-state index contributed by atoms with van der Waals surface area (Å²) in [7, 11) is -3.72. The molecule has 0 spiro atoms. The van der Waals surface area contributed by atoms with Crippen molar-refractivity contribution >= 4 is 27.4 Å². The van der Waals surface area contributed by atoms with Crippen molar-refractivity contribution < 1.29 is 8.42 Å². The lowest BCUT2D eigenvalue weighted by Gasteiger charge is -2.10. The SMILES string of the molecule is Cc1cc(C)nc(NS(=O)(=O)c2ccc(Cl)c(CN)c2)c1. The minimum absolute atomic E-state index is 0.105. The molecule has 112 valence electrons. The summed E-state index contributed by atoms with van der Waals surface area (Å²) in [4.78, 5) is 4.27. The first-order chi connectivity index (χ1) is 9.81. The molecule has 0 aliphatic carbocycles. The lowest BCUT2D eigenvalue weighted by Crippen LogP contribution is -2.15. The van der Waals surface area contributed by atoms with Gasteiger partial charge in [-0.2, -0.15) is 0 Å². The molecule has 0 atom stereocenters. The lowest BCUT2D eigenvalue weighted by atomic mass is 10.2. The van der Waals surface area contributed by atoms with Crippen LogP contribution in [0.25, 0.3) is 0 Å². The van der Waals surface area contributed by atoms with Crippen LogP contribution in [0.4, 0.5) is 5.82 Å². The smallest absolute Gasteiger partial charge is 0.263 e. The predicted octanol–water partition coefficient (Wildman–Crippen LogP) is 2.61. The molecule has 0 saturated heterocycles. The summed E-state index contributed by atoms with van der Waals surface area (Å²) >= 11 is 5.94. The summed E-state index contributed by atoms with van der Waals surface area (Å²) in [6.07, 6.45) is 0. The molecule has 7 heteroatoms. The van der Waals surface area contributed by atoms with E-state index in [1.54, 1.807) is 13.0 Å². The largest absolute Gasteiger partial charge is 0.326 e. The average molecular weight is 326 g/mol. The zero-order chi connectivity index (χ0) is 15.6. The number of nitrogens with one attached hydrogen (secondary N) is 1. The number of hydrogen-bond donors (Lipinski definition) is 2. The monoisotopic (exact) mass is 325 g/mol. The van der Waals surface area contributed by atoms with E-state index in [0.717, 1.165) is 11.3 Å². The molecule has 5 nitrogen and oxygen atoms in total. The topological polar surface area (TPSA) is 85.1 Å². The Morgan fingerprint density at radius 2 is 1.95 bits per heavy atom. The molecule has 0 radical (unpaired) electrons. The first-order valence-corrected chi connectivity index (χ1v) is 8.14. The van der Waals surface area contributed by atoms with Gasteiger partial charge in [0.15, 0.2) is 0 Å². The molecule has 3 N–H and O–H groups in total. The van der Waals surface area contributed by atoms with Gasteiger partial charge in [-0.05, 0) is 55.3 Å². The summed E-state index contributed by atoms with van der Waals surface area (Å²) in [5, 5.41) is 0.445. The average Bonchev–Trinajstić information content (AvgIpc) is 2.37. The quantitative estimate of drug-likeness (QED) is 0.904. The number of hydrogen-bond acceptors (Lipinski definition) is 4. The number of halogens is 1. The van der Waals surface area contributed by atoms with Gasteiger partial charge in [-0.1, -0.05) is 11.6 Å². The minimum atomic E-state index is -3.72. The number of anilines is 1. The Kier molecular flexibility index (Phi) is 4.51. The van der Waals surface area contributed by atoms with Crippen LogP contribution >= 0.6 is 11.6 Å². The molecular weight excluding hydrogens is 310 g/mol. The highest BCUT2D eigenvalue weighted by Gasteiger charge is 2.16. The number of nitrogens with two attached hydrogens (primary N) is 1. The molecule has 1 heterocycles. The molecule has 0 bridgehead atoms. The highest BCUT2D eigenvalue weighted by molar-refractivity contribution is 7.92. The van der Waals surface area contributed by atoms with E-state index in [1.807, 2.05) is 13.0 Å². The Labute approximate surface area is 129 Å². The van der Waals surface area contributed by atoms with Crippen molar-refractivity contribution in [1.82, 2.24) is 4.98 Å². The van der Waals surface area contributed by atoms with Gasteiger partial charge in [-0.15, -0.1) is 0 Å². The summed E-state index contributed by atoms with van der Waals surface area (Å²) in [5.74, 6) is 0.289. The highest BCUT2D eigenvalue weighted by atomic mass is 35.5. The Morgan fingerprint density at radius 3 is 2.57 bits per heavy atom. The molecular formula is C14H16ClN3O2S. The molecule has 1 aromatic carbocycles. The van der Waals surface area contributed by atoms with Crippen LogP contribution in [0.1, 0.15) is 16.8 Å². The van der Waals surface area contributed by atoms with Crippen molar-refractivity contribution in [2.45, 2.75) is 25.3 Å². The summed E-state index contributed by atoms with van der Waals surface area (Å²) in [5.41, 5.74) is 7.79. The van der Waals surface area contributed by atoms with Gasteiger partial charge in [0, 0.05) is 17.3 Å². The maximum Gasteiger partial charge on any atom is 0.263 e. The fraction of sp³-hybridized carbons (Fsp3) is 0.214. The van der Waals surface area contributed by atoms with Crippen LogP contribution in [0.2, 0.25) is 5.02 Å². The minimum Gasteiger partial charge on any atom is -0.326 e. The van der Waals surface area contributed by atoms with Crippen molar-refractivity contribution in [3.8, 4) is 0 Å². The molecule has 0 aliphatic rings. The Bertz CT molecular complexity index is 756. The number of sulfonamides is 1. The maximum atomic E-state index is 12.4. The van der Waals surface area contributed by atoms with Crippen molar-refractivity contribution in [1.29, 1.82) is 0 Å². The van der Waals surface area contributed by atoms with E-state index in [9.17, 15) is 8.42 Å². The van der Waals surface area contributed by atoms with E-state index in [0.29, 0.717) is 10.6 Å². The fourth-order valence-electron chi connectivity index (χ4n) is 1.96. The number of rotatable bonds is 4. The van der Waals surface area contributed by atoms with Gasteiger partial charge in [0.2, 0.25) is 0 Å². The van der Waals surface area contributed by atoms with E-state index in [-0.39, 0.29) is 17.3 Å². The zero-order valence-corrected chi connectivity index (χ0v) is 13.3. The van der Waals surface area contributed by atoms with Gasteiger partial charge >= 0.3 is 0 Å². The Balaban J connectivity index is 2.38. The molecule has 2 rings (SSSR count). The second kappa shape index (κ2) is 6.01. The Hall–Kier alpha value is -1.63. The molecule has 0 aliphatic heterocycles. The van der Waals surface area contributed by atoms with E-state index < -0.39 is 10.0 Å². The summed E-state index contributed by atoms with van der Waals surface area (Å²) < 4.78 is 27.2. The molecule has 0 saturated carbocycles. The third kappa shape index (κ3) is 3.72. The first-order valence-electron chi connectivity index (χ1n) is 6.28. The van der Waals surface area contributed by atoms with Gasteiger partial charge in [0.1, 0.15) is 5.82 Å². The van der Waals surface area contributed by atoms with Crippen molar-refractivity contribution in [3.63, 3.8) is 0 Å². The van der Waals surface area contributed by atoms with Crippen LogP contribution in [-0.4, -0.2) is 13.4 Å². The second-order valence-corrected chi connectivity index (χ2v) is 6.82. The molecule has 1 aromatic heterocycles. The van der Waals surface area contributed by atoms with Gasteiger partial charge in [0.25, 0.3) is 10.0 Å². The van der Waals surface area contributed by atoms with Crippen molar-refractivity contribution in [3.05, 3.63) is 52.2 Å². The normalized spacial score (nSPS) is 11.4. The van der Waals surface area contributed by atoms with E-state index >= 15 is 0 Å². The van der Waals surface area contributed by atoms with Crippen LogP contribution in [0.5, 0.6) is 0 Å². The fourth-order valence-corrected chi connectivity index (χ4v) is 3.20. The van der Waals surface area contributed by atoms with Gasteiger partial charge in [0.05, 0.1) is 4.90 Å². The third-order valence-corrected chi connectivity index (χ3v) is 4.61. The number of nitrogens with zero attached hydrogens (tertiary/aromatic N) is 1. The standard InChI is InChI=1S/C14H16ClN3O2S/c1-9-5-10(2)17-14(6-9)18-21(19,20)12-3-4-13(15)11(7-12)8-16/h3-7H,8,16H2,1-2H3,(H,17,18).